The van der Waals surface area contributed by atoms with Crippen molar-refractivity contribution in [3.63, 3.8) is 0 Å². The summed E-state index contributed by atoms with van der Waals surface area (Å²) in [5.74, 6) is 1.17. The van der Waals surface area contributed by atoms with Crippen molar-refractivity contribution in [2.24, 2.45) is 7.05 Å². The zero-order valence-corrected chi connectivity index (χ0v) is 15.0. The van der Waals surface area contributed by atoms with E-state index < -0.39 is 0 Å². The van der Waals surface area contributed by atoms with Crippen LogP contribution in [0.5, 0.6) is 0 Å². The van der Waals surface area contributed by atoms with Gasteiger partial charge < -0.3 is 4.57 Å². The molecule has 0 saturated carbocycles. The van der Waals surface area contributed by atoms with Crippen molar-refractivity contribution in [2.75, 3.05) is 13.1 Å². The van der Waals surface area contributed by atoms with Crippen molar-refractivity contribution in [2.45, 2.75) is 25.3 Å². The zero-order chi connectivity index (χ0) is 17.4. The molecule has 0 N–H and O–H groups in total. The van der Waals surface area contributed by atoms with Gasteiger partial charge in [-0.1, -0.05) is 29.8 Å². The Morgan fingerprint density at radius 3 is 2.64 bits per heavy atom. The van der Waals surface area contributed by atoms with Crippen molar-refractivity contribution in [3.8, 4) is 0 Å². The van der Waals surface area contributed by atoms with E-state index in [4.69, 9.17) is 16.6 Å². The molecule has 25 heavy (non-hydrogen) atoms. The first-order valence-electron chi connectivity index (χ1n) is 8.69. The van der Waals surface area contributed by atoms with Crippen molar-refractivity contribution < 1.29 is 4.39 Å². The number of fused-ring (bicyclic) bond motifs is 1. The highest BCUT2D eigenvalue weighted by molar-refractivity contribution is 6.30. The lowest BCUT2D eigenvalue weighted by Gasteiger charge is -2.32. The lowest BCUT2D eigenvalue weighted by atomic mass is 9.89. The maximum atomic E-state index is 14.1. The molecule has 0 bridgehead atoms. The quantitative estimate of drug-likeness (QED) is 0.674. The highest BCUT2D eigenvalue weighted by Crippen LogP contribution is 2.31. The molecule has 1 aliphatic rings. The van der Waals surface area contributed by atoms with E-state index >= 15 is 0 Å². The fourth-order valence-corrected chi connectivity index (χ4v) is 3.93. The molecule has 3 aromatic rings. The molecule has 4 rings (SSSR count). The molecule has 0 radical (unpaired) electrons. The number of imidazole rings is 1. The zero-order valence-electron chi connectivity index (χ0n) is 14.3. The van der Waals surface area contributed by atoms with Gasteiger partial charge in [-0.05, 0) is 61.7 Å². The number of benzene rings is 2. The molecule has 130 valence electrons. The van der Waals surface area contributed by atoms with Crippen LogP contribution in [0.25, 0.3) is 11.0 Å². The Hall–Kier alpha value is -1.91. The topological polar surface area (TPSA) is 21.1 Å². The minimum absolute atomic E-state index is 0.179. The summed E-state index contributed by atoms with van der Waals surface area (Å²) < 4.78 is 16.3. The molecule has 0 aliphatic carbocycles. The minimum Gasteiger partial charge on any atom is -0.330 e. The van der Waals surface area contributed by atoms with Gasteiger partial charge in [0.05, 0.1) is 17.6 Å². The molecule has 1 fully saturated rings. The van der Waals surface area contributed by atoms with Gasteiger partial charge in [-0.2, -0.15) is 0 Å². The van der Waals surface area contributed by atoms with E-state index in [1.807, 2.05) is 24.3 Å². The van der Waals surface area contributed by atoms with Crippen LogP contribution in [-0.4, -0.2) is 27.5 Å². The van der Waals surface area contributed by atoms with Crippen LogP contribution in [0.4, 0.5) is 4.39 Å². The number of hydrogen-bond acceptors (Lipinski definition) is 2. The summed E-state index contributed by atoms with van der Waals surface area (Å²) in [5, 5.41) is 0.459. The number of aromatic nitrogens is 2. The highest BCUT2D eigenvalue weighted by atomic mass is 35.5. The predicted octanol–water partition coefficient (Wildman–Crippen LogP) is 4.75. The van der Waals surface area contributed by atoms with Gasteiger partial charge in [-0.25, -0.2) is 9.37 Å². The maximum absolute atomic E-state index is 14.1. The fourth-order valence-electron chi connectivity index (χ4n) is 3.77. The van der Waals surface area contributed by atoms with Gasteiger partial charge in [0, 0.05) is 12.1 Å². The maximum Gasteiger partial charge on any atom is 0.128 e. The average Bonchev–Trinajstić information content (AvgIpc) is 2.92. The van der Waals surface area contributed by atoms with Crippen molar-refractivity contribution in [1.82, 2.24) is 14.5 Å². The number of rotatable bonds is 3. The summed E-state index contributed by atoms with van der Waals surface area (Å²) >= 11 is 5.86. The van der Waals surface area contributed by atoms with Gasteiger partial charge >= 0.3 is 0 Å². The molecule has 0 spiro atoms. The second-order valence-electron chi connectivity index (χ2n) is 6.79. The van der Waals surface area contributed by atoms with E-state index in [1.165, 1.54) is 6.07 Å². The molecule has 0 unspecified atom stereocenters. The van der Waals surface area contributed by atoms with Crippen LogP contribution in [0.1, 0.15) is 30.1 Å². The molecule has 2 aromatic carbocycles. The molecule has 3 nitrogen and oxygen atoms in total. The van der Waals surface area contributed by atoms with Gasteiger partial charge in [0.1, 0.15) is 11.6 Å². The van der Waals surface area contributed by atoms with Crippen LogP contribution >= 0.6 is 11.6 Å². The van der Waals surface area contributed by atoms with Crippen LogP contribution in [-0.2, 0) is 13.6 Å². The van der Waals surface area contributed by atoms with E-state index in [0.717, 1.165) is 54.9 Å². The molecular weight excluding hydrogens is 337 g/mol. The summed E-state index contributed by atoms with van der Waals surface area (Å²) in [7, 11) is 2.07. The van der Waals surface area contributed by atoms with Gasteiger partial charge in [0.15, 0.2) is 0 Å². The lowest BCUT2D eigenvalue weighted by Crippen LogP contribution is -2.33. The van der Waals surface area contributed by atoms with Crippen LogP contribution < -0.4 is 0 Å². The summed E-state index contributed by atoms with van der Waals surface area (Å²) in [6, 6.07) is 13.2. The molecule has 5 heteroatoms. The second kappa shape index (κ2) is 6.77. The third-order valence-electron chi connectivity index (χ3n) is 5.23. The fraction of sp³-hybridized carbons (Fsp3) is 0.350. The third-order valence-corrected chi connectivity index (χ3v) is 5.47. The number of hydrogen-bond donors (Lipinski definition) is 0. The number of para-hydroxylation sites is 2. The summed E-state index contributed by atoms with van der Waals surface area (Å²) in [5.41, 5.74) is 3.00. The minimum atomic E-state index is -0.179. The van der Waals surface area contributed by atoms with E-state index in [9.17, 15) is 4.39 Å². The molecule has 0 amide bonds. The first-order chi connectivity index (χ1) is 12.1. The first-order valence-corrected chi connectivity index (χ1v) is 9.07. The number of halogens is 2. The van der Waals surface area contributed by atoms with Crippen LogP contribution in [0.15, 0.2) is 42.5 Å². The largest absolute Gasteiger partial charge is 0.330 e. The lowest BCUT2D eigenvalue weighted by molar-refractivity contribution is 0.197. The number of nitrogens with zero attached hydrogens (tertiary/aromatic N) is 3. The molecule has 1 saturated heterocycles. The summed E-state index contributed by atoms with van der Waals surface area (Å²) in [4.78, 5) is 7.16. The van der Waals surface area contributed by atoms with Crippen LogP contribution in [0.3, 0.4) is 0 Å². The molecular formula is C20H21ClFN3. The smallest absolute Gasteiger partial charge is 0.128 e. The van der Waals surface area contributed by atoms with Crippen LogP contribution in [0.2, 0.25) is 5.02 Å². The van der Waals surface area contributed by atoms with E-state index in [-0.39, 0.29) is 11.7 Å². The van der Waals surface area contributed by atoms with Crippen LogP contribution in [0, 0.1) is 5.82 Å². The van der Waals surface area contributed by atoms with E-state index in [2.05, 4.69) is 22.6 Å². The summed E-state index contributed by atoms with van der Waals surface area (Å²) in [6.07, 6.45) is 1.92. The van der Waals surface area contributed by atoms with Gasteiger partial charge in [-0.3, -0.25) is 4.90 Å². The number of aryl methyl sites for hydroxylation is 1. The Labute approximate surface area is 152 Å². The Morgan fingerprint density at radius 1 is 1.16 bits per heavy atom. The van der Waals surface area contributed by atoms with Crippen molar-refractivity contribution >= 4 is 22.6 Å². The Balaban J connectivity index is 1.44. The SMILES string of the molecule is Cn1c(CN2CCC(c3ccc(Cl)cc3F)CC2)nc2ccccc21. The molecule has 1 aromatic heterocycles. The Morgan fingerprint density at radius 2 is 1.92 bits per heavy atom. The van der Waals surface area contributed by atoms with E-state index in [1.54, 1.807) is 6.07 Å². The first kappa shape index (κ1) is 16.6. The second-order valence-corrected chi connectivity index (χ2v) is 7.23. The third kappa shape index (κ3) is 3.29. The Bertz CT molecular complexity index is 897. The normalized spacial score (nSPS) is 16.6. The van der Waals surface area contributed by atoms with Gasteiger partial charge in [-0.15, -0.1) is 0 Å². The molecule has 2 heterocycles. The average molecular weight is 358 g/mol. The monoisotopic (exact) mass is 357 g/mol. The highest BCUT2D eigenvalue weighted by Gasteiger charge is 2.24. The van der Waals surface area contributed by atoms with Gasteiger partial charge in [0.25, 0.3) is 0 Å². The standard InChI is InChI=1S/C20H21ClFN3/c1-24-19-5-3-2-4-18(19)23-20(24)13-25-10-8-14(9-11-25)16-7-6-15(21)12-17(16)22/h2-7,12,14H,8-11,13H2,1H3. The molecule has 1 aliphatic heterocycles. The predicted molar refractivity (Wildman–Crippen MR) is 99.4 cm³/mol. The summed E-state index contributed by atoms with van der Waals surface area (Å²) in [6.45, 7) is 2.74. The number of likely N-dealkylation sites (tertiary alicyclic amines) is 1. The van der Waals surface area contributed by atoms with E-state index in [0.29, 0.717) is 5.02 Å². The van der Waals surface area contributed by atoms with Crippen molar-refractivity contribution in [1.29, 1.82) is 0 Å². The number of piperidine rings is 1. The molecule has 0 atom stereocenters. The Kier molecular flexibility index (Phi) is 4.48. The van der Waals surface area contributed by atoms with Crippen molar-refractivity contribution in [3.05, 3.63) is 64.7 Å². The van der Waals surface area contributed by atoms with Gasteiger partial charge in [0.2, 0.25) is 0 Å².